The van der Waals surface area contributed by atoms with Crippen LogP contribution in [-0.4, -0.2) is 28.3 Å². The van der Waals surface area contributed by atoms with Gasteiger partial charge in [-0.25, -0.2) is 9.50 Å². The second-order valence-corrected chi connectivity index (χ2v) is 9.99. The highest BCUT2D eigenvalue weighted by Crippen LogP contribution is 2.40. The summed E-state index contributed by atoms with van der Waals surface area (Å²) in [6.07, 6.45) is 9.64. The summed E-state index contributed by atoms with van der Waals surface area (Å²) >= 11 is 0. The van der Waals surface area contributed by atoms with Gasteiger partial charge in [0.15, 0.2) is 5.65 Å². The number of ether oxygens (including phenoxy) is 1. The lowest BCUT2D eigenvalue weighted by Gasteiger charge is -2.34. The lowest BCUT2D eigenvalue weighted by molar-refractivity contribution is 0.416. The third-order valence-electron chi connectivity index (χ3n) is 7.44. The molecule has 2 aromatic carbocycles. The Hall–Kier alpha value is -4.12. The number of aryl methyl sites for hydroxylation is 3. The summed E-state index contributed by atoms with van der Waals surface area (Å²) in [5.74, 6) is 0.829. The van der Waals surface area contributed by atoms with Crippen molar-refractivity contribution < 1.29 is 4.74 Å². The summed E-state index contributed by atoms with van der Waals surface area (Å²) < 4.78 is 7.62. The van der Waals surface area contributed by atoms with E-state index < -0.39 is 0 Å². The van der Waals surface area contributed by atoms with Crippen LogP contribution in [0.3, 0.4) is 0 Å². The van der Waals surface area contributed by atoms with E-state index in [0.29, 0.717) is 0 Å². The number of imidazole rings is 1. The topological polar surface area (TPSA) is 42.7 Å². The zero-order chi connectivity index (χ0) is 27.0. The molecule has 4 aromatic rings. The molecule has 38 heavy (non-hydrogen) atoms. The summed E-state index contributed by atoms with van der Waals surface area (Å²) in [5.41, 5.74) is 12.4. The van der Waals surface area contributed by atoms with E-state index in [9.17, 15) is 0 Å². The van der Waals surface area contributed by atoms with Crippen molar-refractivity contribution in [3.05, 3.63) is 99.8 Å². The molecule has 5 heteroatoms. The minimum Gasteiger partial charge on any atom is -0.496 e. The smallest absolute Gasteiger partial charge is 0.164 e. The number of benzene rings is 2. The Kier molecular flexibility index (Phi) is 6.94. The largest absolute Gasteiger partial charge is 0.496 e. The molecule has 0 aliphatic carbocycles. The van der Waals surface area contributed by atoms with E-state index in [1.807, 2.05) is 24.4 Å². The van der Waals surface area contributed by atoms with Crippen LogP contribution in [0.15, 0.2) is 72.0 Å². The maximum atomic E-state index is 5.67. The van der Waals surface area contributed by atoms with E-state index in [-0.39, 0.29) is 0 Å². The number of para-hydroxylation sites is 1. The molecule has 0 saturated carbocycles. The standard InChI is InChI=1S/C33H36N4O/c1-8-19-36-25(6)22(3)26(27-14-10-12-16-30(27)36)13-9-11-15-29-23(4)34-33-32(24(5)35-37(29)33)28-20-21(2)17-18-31(28)38-7/h9-18,20H,8,19H2,1-7H3/b11-9+,26-13+,29-15-. The minimum atomic E-state index is 0.829. The Bertz CT molecular complexity index is 1670. The molecule has 0 radical (unpaired) electrons. The molecule has 0 unspecified atom stereocenters. The highest BCUT2D eigenvalue weighted by molar-refractivity contribution is 5.91. The first-order chi connectivity index (χ1) is 18.3. The molecule has 0 saturated heterocycles. The number of hydrogen-bond donors (Lipinski definition) is 0. The van der Waals surface area contributed by atoms with Crippen LogP contribution in [0.4, 0.5) is 5.69 Å². The molecule has 0 fully saturated rings. The Balaban J connectivity index is 1.55. The molecule has 5 nitrogen and oxygen atoms in total. The molecule has 0 atom stereocenters. The van der Waals surface area contributed by atoms with Crippen LogP contribution in [0, 0.1) is 20.8 Å². The Morgan fingerprint density at radius 3 is 2.42 bits per heavy atom. The summed E-state index contributed by atoms with van der Waals surface area (Å²) in [5, 5.41) is 5.85. The molecular formula is C33H36N4O. The Morgan fingerprint density at radius 2 is 1.66 bits per heavy atom. The van der Waals surface area contributed by atoms with Crippen LogP contribution in [0.1, 0.15) is 49.7 Å². The SMILES string of the molecule is CCCN1C(C)=C(C)\C(=C/C=C/C=c2/c(C)nc3c(-c4cc(C)ccc4OC)c(C)nn23)c2ccccc21. The fraction of sp³-hybridized carbons (Fsp3) is 0.273. The first-order valence-electron chi connectivity index (χ1n) is 13.3. The first-order valence-corrected chi connectivity index (χ1v) is 13.3. The van der Waals surface area contributed by atoms with Gasteiger partial charge in [0, 0.05) is 29.1 Å². The summed E-state index contributed by atoms with van der Waals surface area (Å²) in [6.45, 7) is 13.9. The lowest BCUT2D eigenvalue weighted by atomic mass is 9.91. The van der Waals surface area contributed by atoms with Crippen molar-refractivity contribution in [2.75, 3.05) is 18.6 Å². The van der Waals surface area contributed by atoms with Crippen molar-refractivity contribution in [2.24, 2.45) is 0 Å². The van der Waals surface area contributed by atoms with Gasteiger partial charge in [-0.05, 0) is 76.5 Å². The number of allylic oxidation sites excluding steroid dienone is 6. The number of hydrogen-bond acceptors (Lipinski definition) is 4. The number of aromatic nitrogens is 3. The van der Waals surface area contributed by atoms with Crippen molar-refractivity contribution in [3.63, 3.8) is 0 Å². The van der Waals surface area contributed by atoms with Gasteiger partial charge in [-0.1, -0.05) is 55.0 Å². The summed E-state index contributed by atoms with van der Waals surface area (Å²) in [6, 6.07) is 14.9. The highest BCUT2D eigenvalue weighted by Gasteiger charge is 2.23. The van der Waals surface area contributed by atoms with Crippen LogP contribution in [0.2, 0.25) is 0 Å². The number of anilines is 1. The summed E-state index contributed by atoms with van der Waals surface area (Å²) in [7, 11) is 1.71. The van der Waals surface area contributed by atoms with Gasteiger partial charge < -0.3 is 9.64 Å². The van der Waals surface area contributed by atoms with Crippen LogP contribution in [0.25, 0.3) is 28.4 Å². The second-order valence-electron chi connectivity index (χ2n) is 9.99. The van der Waals surface area contributed by atoms with Gasteiger partial charge in [0.1, 0.15) is 5.75 Å². The van der Waals surface area contributed by atoms with Gasteiger partial charge in [0.25, 0.3) is 0 Å². The fourth-order valence-electron chi connectivity index (χ4n) is 5.42. The number of rotatable bonds is 6. The van der Waals surface area contributed by atoms with Gasteiger partial charge >= 0.3 is 0 Å². The van der Waals surface area contributed by atoms with E-state index in [4.69, 9.17) is 14.8 Å². The van der Waals surface area contributed by atoms with Crippen molar-refractivity contribution >= 4 is 23.0 Å². The number of methoxy groups -OCH3 is 1. The Morgan fingerprint density at radius 1 is 0.895 bits per heavy atom. The second kappa shape index (κ2) is 10.3. The molecule has 0 amide bonds. The van der Waals surface area contributed by atoms with Crippen molar-refractivity contribution in [2.45, 2.75) is 48.0 Å². The van der Waals surface area contributed by atoms with E-state index in [2.05, 4.69) is 93.3 Å². The van der Waals surface area contributed by atoms with Crippen LogP contribution < -0.4 is 15.0 Å². The van der Waals surface area contributed by atoms with Crippen molar-refractivity contribution in [3.8, 4) is 16.9 Å². The molecule has 0 N–H and O–H groups in total. The maximum Gasteiger partial charge on any atom is 0.164 e. The van der Waals surface area contributed by atoms with E-state index in [1.165, 1.54) is 33.7 Å². The van der Waals surface area contributed by atoms with Crippen LogP contribution in [0.5, 0.6) is 5.75 Å². The average Bonchev–Trinajstić information content (AvgIpc) is 3.38. The maximum absolute atomic E-state index is 5.67. The van der Waals surface area contributed by atoms with E-state index in [0.717, 1.165) is 52.2 Å². The van der Waals surface area contributed by atoms with E-state index >= 15 is 0 Å². The predicted octanol–water partition coefficient (Wildman–Crippen LogP) is 6.99. The minimum absolute atomic E-state index is 0.829. The van der Waals surface area contributed by atoms with Crippen molar-refractivity contribution in [1.82, 2.24) is 14.6 Å². The average molecular weight is 505 g/mol. The van der Waals surface area contributed by atoms with Gasteiger partial charge in [0.05, 0.1) is 29.4 Å². The van der Waals surface area contributed by atoms with Gasteiger partial charge in [-0.3, -0.25) is 0 Å². The Labute approximate surface area is 225 Å². The van der Waals surface area contributed by atoms with E-state index in [1.54, 1.807) is 7.11 Å². The van der Waals surface area contributed by atoms with Gasteiger partial charge in [-0.2, -0.15) is 5.10 Å². The molecule has 5 rings (SSSR count). The monoisotopic (exact) mass is 504 g/mol. The molecular weight excluding hydrogens is 468 g/mol. The highest BCUT2D eigenvalue weighted by atomic mass is 16.5. The molecule has 3 heterocycles. The molecule has 194 valence electrons. The van der Waals surface area contributed by atoms with Crippen LogP contribution in [-0.2, 0) is 0 Å². The lowest BCUT2D eigenvalue weighted by Crippen LogP contribution is -2.27. The van der Waals surface area contributed by atoms with Gasteiger partial charge in [-0.15, -0.1) is 0 Å². The molecule has 1 aliphatic rings. The fourth-order valence-corrected chi connectivity index (χ4v) is 5.42. The van der Waals surface area contributed by atoms with Gasteiger partial charge in [0.2, 0.25) is 0 Å². The third kappa shape index (κ3) is 4.32. The first kappa shape index (κ1) is 25.5. The molecule has 0 bridgehead atoms. The quantitative estimate of drug-likeness (QED) is 0.284. The van der Waals surface area contributed by atoms with Crippen LogP contribution >= 0.6 is 0 Å². The number of nitrogens with zero attached hydrogens (tertiary/aromatic N) is 4. The molecule has 2 aromatic heterocycles. The molecule has 0 spiro atoms. The zero-order valence-electron chi connectivity index (χ0n) is 23.5. The predicted molar refractivity (Wildman–Crippen MR) is 158 cm³/mol. The third-order valence-corrected chi connectivity index (χ3v) is 7.44. The van der Waals surface area contributed by atoms with Crippen molar-refractivity contribution in [1.29, 1.82) is 0 Å². The normalized spacial score (nSPS) is 15.4. The number of fused-ring (bicyclic) bond motifs is 2. The zero-order valence-corrected chi connectivity index (χ0v) is 23.5. The molecule has 1 aliphatic heterocycles. The summed E-state index contributed by atoms with van der Waals surface area (Å²) in [4.78, 5) is 7.35.